The highest BCUT2D eigenvalue weighted by Gasteiger charge is 2.14. The van der Waals surface area contributed by atoms with Gasteiger partial charge in [-0.3, -0.25) is 24.1 Å². The maximum Gasteiger partial charge on any atom is 0.271 e. The highest BCUT2D eigenvalue weighted by Crippen LogP contribution is 2.28. The smallest absolute Gasteiger partial charge is 0.268 e. The summed E-state index contributed by atoms with van der Waals surface area (Å²) < 4.78 is 1.38. The summed E-state index contributed by atoms with van der Waals surface area (Å²) in [5.41, 5.74) is 2.67. The lowest BCUT2D eigenvalue weighted by molar-refractivity contribution is -0.384. The van der Waals surface area contributed by atoms with Crippen LogP contribution < -0.4 is 11.0 Å². The van der Waals surface area contributed by atoms with Crippen molar-refractivity contribution in [3.8, 4) is 0 Å². The third-order valence-electron chi connectivity index (χ3n) is 4.46. The van der Waals surface area contributed by atoms with Crippen molar-refractivity contribution in [3.05, 3.63) is 110 Å². The first kappa shape index (κ1) is 22.2. The number of carbonyl (C=O) groups is 1. The van der Waals surface area contributed by atoms with Gasteiger partial charge in [-0.2, -0.15) is 5.10 Å². The molecule has 0 fully saturated rings. The maximum absolute atomic E-state index is 13.1. The van der Waals surface area contributed by atoms with Crippen molar-refractivity contribution in [1.29, 1.82) is 0 Å². The van der Waals surface area contributed by atoms with Gasteiger partial charge in [0.25, 0.3) is 17.2 Å². The number of fused-ring (bicyclic) bond motifs is 1. The molecule has 0 saturated heterocycles. The fourth-order valence-electron chi connectivity index (χ4n) is 2.84. The Morgan fingerprint density at radius 2 is 1.85 bits per heavy atom. The predicted molar refractivity (Wildman–Crippen MR) is 125 cm³/mol. The van der Waals surface area contributed by atoms with Crippen molar-refractivity contribution in [2.24, 2.45) is 5.10 Å². The fourth-order valence-corrected chi connectivity index (χ4v) is 3.85. The summed E-state index contributed by atoms with van der Waals surface area (Å²) in [5, 5.41) is 15.7. The summed E-state index contributed by atoms with van der Waals surface area (Å²) in [6, 6.07) is 17.3. The first-order valence-corrected chi connectivity index (χ1v) is 10.6. The predicted octanol–water partition coefficient (Wildman–Crippen LogP) is 4.17. The maximum atomic E-state index is 13.1. The van der Waals surface area contributed by atoms with Crippen LogP contribution in [-0.2, 0) is 0 Å². The molecule has 0 aliphatic rings. The second-order valence-corrected chi connectivity index (χ2v) is 8.12. The minimum Gasteiger partial charge on any atom is -0.268 e. The van der Waals surface area contributed by atoms with Crippen LogP contribution in [-0.4, -0.2) is 26.4 Å². The molecule has 1 amide bonds. The molecule has 4 rings (SSSR count). The van der Waals surface area contributed by atoms with Crippen molar-refractivity contribution >= 4 is 46.8 Å². The highest BCUT2D eigenvalue weighted by molar-refractivity contribution is 7.99. The molecule has 0 saturated carbocycles. The number of carbonyl (C=O) groups excluding carboxylic acids is 1. The molecular weight excluding hydrogens is 466 g/mol. The van der Waals surface area contributed by atoms with E-state index in [2.05, 4.69) is 15.5 Å². The largest absolute Gasteiger partial charge is 0.271 e. The number of hydrazone groups is 1. The quantitative estimate of drug-likeness (QED) is 0.192. The Balaban J connectivity index is 1.63. The molecule has 0 aliphatic carbocycles. The Morgan fingerprint density at radius 1 is 1.12 bits per heavy atom. The van der Waals surface area contributed by atoms with Gasteiger partial charge in [-0.15, -0.1) is 0 Å². The monoisotopic (exact) mass is 479 g/mol. The topological polar surface area (TPSA) is 119 Å². The summed E-state index contributed by atoms with van der Waals surface area (Å²) in [4.78, 5) is 40.9. The third kappa shape index (κ3) is 5.08. The summed E-state index contributed by atoms with van der Waals surface area (Å²) in [6.45, 7) is 0. The Kier molecular flexibility index (Phi) is 6.48. The number of amides is 1. The number of hydrogen-bond acceptors (Lipinski definition) is 7. The lowest BCUT2D eigenvalue weighted by atomic mass is 10.2. The van der Waals surface area contributed by atoms with Gasteiger partial charge in [0.15, 0.2) is 0 Å². The average molecular weight is 480 g/mol. The Hall–Kier alpha value is -4.02. The van der Waals surface area contributed by atoms with Crippen LogP contribution >= 0.6 is 23.4 Å². The van der Waals surface area contributed by atoms with E-state index in [0.29, 0.717) is 15.7 Å². The standard InChI is InChI=1S/C22H14ClN5O4S/c23-15-6-10-17(11-7-15)33-21-18(22(30)27-12-2-1-3-19(27)25-21)13-24-26-20(29)14-4-8-16(9-5-14)28(31)32/h1-13H,(H,26,29). The molecule has 2 aromatic heterocycles. The number of halogens is 1. The Labute approximate surface area is 195 Å². The van der Waals surface area contributed by atoms with Crippen LogP contribution in [0.1, 0.15) is 15.9 Å². The van der Waals surface area contributed by atoms with E-state index in [-0.39, 0.29) is 22.4 Å². The van der Waals surface area contributed by atoms with Crippen LogP contribution in [0.4, 0.5) is 5.69 Å². The summed E-state index contributed by atoms with van der Waals surface area (Å²) >= 11 is 7.21. The number of non-ortho nitro benzene ring substituents is 1. The van der Waals surface area contributed by atoms with Gasteiger partial charge in [0.2, 0.25) is 0 Å². The third-order valence-corrected chi connectivity index (χ3v) is 5.73. The number of benzene rings is 2. The van der Waals surface area contributed by atoms with Gasteiger partial charge in [-0.25, -0.2) is 10.4 Å². The van der Waals surface area contributed by atoms with Crippen LogP contribution in [0.25, 0.3) is 5.65 Å². The van der Waals surface area contributed by atoms with Crippen molar-refractivity contribution in [1.82, 2.24) is 14.8 Å². The summed E-state index contributed by atoms with van der Waals surface area (Å²) in [7, 11) is 0. The molecular formula is C22H14ClN5O4S. The number of rotatable bonds is 6. The lowest BCUT2D eigenvalue weighted by Crippen LogP contribution is -2.22. The molecule has 0 aliphatic heterocycles. The van der Waals surface area contributed by atoms with Crippen LogP contribution in [0.15, 0.2) is 92.7 Å². The highest BCUT2D eigenvalue weighted by atomic mass is 35.5. The number of nitro benzene ring substituents is 1. The van der Waals surface area contributed by atoms with Gasteiger partial charge in [0.05, 0.1) is 16.7 Å². The van der Waals surface area contributed by atoms with E-state index in [1.807, 2.05) is 0 Å². The van der Waals surface area contributed by atoms with Gasteiger partial charge in [0, 0.05) is 33.8 Å². The van der Waals surface area contributed by atoms with E-state index < -0.39 is 10.8 Å². The van der Waals surface area contributed by atoms with Crippen molar-refractivity contribution in [2.45, 2.75) is 9.92 Å². The average Bonchev–Trinajstić information content (AvgIpc) is 2.82. The zero-order valence-electron chi connectivity index (χ0n) is 16.7. The van der Waals surface area contributed by atoms with E-state index in [9.17, 15) is 19.7 Å². The van der Waals surface area contributed by atoms with Gasteiger partial charge >= 0.3 is 0 Å². The number of hydrogen-bond donors (Lipinski definition) is 1. The van der Waals surface area contributed by atoms with Crippen LogP contribution in [0.5, 0.6) is 0 Å². The fraction of sp³-hybridized carbons (Fsp3) is 0. The van der Waals surface area contributed by atoms with Gasteiger partial charge < -0.3 is 0 Å². The van der Waals surface area contributed by atoms with E-state index in [1.54, 1.807) is 48.7 Å². The molecule has 2 heterocycles. The SMILES string of the molecule is O=C(NN=Cc1c(Sc2ccc(Cl)cc2)nc2ccccn2c1=O)c1ccc([N+](=O)[O-])cc1. The first-order valence-electron chi connectivity index (χ1n) is 9.45. The molecule has 0 radical (unpaired) electrons. The van der Waals surface area contributed by atoms with E-state index in [4.69, 9.17) is 11.6 Å². The molecule has 0 bridgehead atoms. The van der Waals surface area contributed by atoms with Crippen molar-refractivity contribution < 1.29 is 9.72 Å². The Morgan fingerprint density at radius 3 is 2.55 bits per heavy atom. The lowest BCUT2D eigenvalue weighted by Gasteiger charge is -2.08. The van der Waals surface area contributed by atoms with Crippen molar-refractivity contribution in [3.63, 3.8) is 0 Å². The van der Waals surface area contributed by atoms with Crippen molar-refractivity contribution in [2.75, 3.05) is 0 Å². The van der Waals surface area contributed by atoms with Crippen LogP contribution in [0.3, 0.4) is 0 Å². The van der Waals surface area contributed by atoms with Gasteiger partial charge in [-0.1, -0.05) is 29.4 Å². The zero-order valence-corrected chi connectivity index (χ0v) is 18.3. The molecule has 33 heavy (non-hydrogen) atoms. The van der Waals surface area contributed by atoms with Crippen LogP contribution in [0, 0.1) is 10.1 Å². The summed E-state index contributed by atoms with van der Waals surface area (Å²) in [6.07, 6.45) is 2.82. The molecule has 164 valence electrons. The number of nitro groups is 1. The number of nitrogens with one attached hydrogen (secondary N) is 1. The molecule has 9 nitrogen and oxygen atoms in total. The molecule has 0 atom stereocenters. The molecule has 1 N–H and O–H groups in total. The molecule has 2 aromatic carbocycles. The molecule has 0 spiro atoms. The zero-order chi connectivity index (χ0) is 23.4. The normalized spacial score (nSPS) is 11.1. The number of aromatic nitrogens is 2. The number of nitrogens with zero attached hydrogens (tertiary/aromatic N) is 4. The molecule has 4 aromatic rings. The minimum absolute atomic E-state index is 0.130. The summed E-state index contributed by atoms with van der Waals surface area (Å²) in [5.74, 6) is -0.582. The number of pyridine rings is 1. The van der Waals surface area contributed by atoms with E-state index in [1.165, 1.54) is 46.6 Å². The Bertz CT molecular complexity index is 1440. The van der Waals surface area contributed by atoms with Crippen LogP contribution in [0.2, 0.25) is 5.02 Å². The van der Waals surface area contributed by atoms with E-state index in [0.717, 1.165) is 4.90 Å². The van der Waals surface area contributed by atoms with E-state index >= 15 is 0 Å². The molecule has 11 heteroatoms. The first-order chi connectivity index (χ1) is 15.9. The minimum atomic E-state index is -0.582. The second kappa shape index (κ2) is 9.63. The second-order valence-electron chi connectivity index (χ2n) is 6.62. The molecule has 0 unspecified atom stereocenters. The van der Waals surface area contributed by atoms with Gasteiger partial charge in [0.1, 0.15) is 10.7 Å². The van der Waals surface area contributed by atoms with Gasteiger partial charge in [-0.05, 0) is 48.5 Å².